The summed E-state index contributed by atoms with van der Waals surface area (Å²) in [6.07, 6.45) is 4.76. The van der Waals surface area contributed by atoms with Gasteiger partial charge in [0.15, 0.2) is 0 Å². The van der Waals surface area contributed by atoms with Crippen molar-refractivity contribution in [3.63, 3.8) is 0 Å². The molecule has 0 saturated carbocycles. The number of hydrogen-bond donors (Lipinski definition) is 0. The smallest absolute Gasteiger partial charge is 0.0457 e. The van der Waals surface area contributed by atoms with Crippen molar-refractivity contribution < 1.29 is 0 Å². The van der Waals surface area contributed by atoms with Gasteiger partial charge in [-0.2, -0.15) is 0 Å². The topological polar surface area (TPSA) is 12.9 Å². The lowest BCUT2D eigenvalue weighted by Crippen LogP contribution is -2.02. The Hall–Kier alpha value is -1.63. The predicted molar refractivity (Wildman–Crippen MR) is 75.8 cm³/mol. The minimum absolute atomic E-state index is 1.11. The molecule has 2 aromatic rings. The molecular weight excluding hydrogens is 218 g/mol. The Balaban J connectivity index is 2.26. The second kappa shape index (κ2) is 4.56. The van der Waals surface area contributed by atoms with E-state index in [0.29, 0.717) is 0 Å². The van der Waals surface area contributed by atoms with Crippen molar-refractivity contribution in [2.45, 2.75) is 39.5 Å². The van der Waals surface area contributed by atoms with Crippen molar-refractivity contribution in [2.75, 3.05) is 0 Å². The lowest BCUT2D eigenvalue weighted by Gasteiger charge is -2.16. The first kappa shape index (κ1) is 11.5. The lowest BCUT2D eigenvalue weighted by molar-refractivity contribution is 0.895. The van der Waals surface area contributed by atoms with Gasteiger partial charge < -0.3 is 0 Å². The van der Waals surface area contributed by atoms with Gasteiger partial charge in [0.25, 0.3) is 0 Å². The van der Waals surface area contributed by atoms with Gasteiger partial charge in [0, 0.05) is 17.0 Å². The molecule has 0 bridgehead atoms. The summed E-state index contributed by atoms with van der Waals surface area (Å²) in [5, 5.41) is 0. The van der Waals surface area contributed by atoms with Crippen LogP contribution in [0.2, 0.25) is 0 Å². The van der Waals surface area contributed by atoms with Crippen LogP contribution in [0.25, 0.3) is 11.1 Å². The highest BCUT2D eigenvalue weighted by atomic mass is 14.7. The van der Waals surface area contributed by atoms with Gasteiger partial charge in [-0.1, -0.05) is 37.3 Å². The summed E-state index contributed by atoms with van der Waals surface area (Å²) in [5.41, 5.74) is 8.29. The number of aromatic nitrogens is 1. The fraction of sp³-hybridized carbons (Fsp3) is 0.353. The SMILES string of the molecule is CCc1c2c(nc(C)c1-c1ccccc1)CCC2. The Labute approximate surface area is 109 Å². The highest BCUT2D eigenvalue weighted by molar-refractivity contribution is 5.71. The Bertz CT molecular complexity index is 570. The number of rotatable bonds is 2. The molecule has 92 valence electrons. The van der Waals surface area contributed by atoms with Gasteiger partial charge in [-0.25, -0.2) is 0 Å². The monoisotopic (exact) mass is 237 g/mol. The molecule has 1 nitrogen and oxygen atoms in total. The van der Waals surface area contributed by atoms with E-state index in [1.807, 2.05) is 0 Å². The number of benzene rings is 1. The summed E-state index contributed by atoms with van der Waals surface area (Å²) < 4.78 is 0. The maximum Gasteiger partial charge on any atom is 0.0457 e. The summed E-state index contributed by atoms with van der Waals surface area (Å²) >= 11 is 0. The van der Waals surface area contributed by atoms with E-state index in [1.165, 1.54) is 46.5 Å². The number of fused-ring (bicyclic) bond motifs is 1. The van der Waals surface area contributed by atoms with E-state index < -0.39 is 0 Å². The van der Waals surface area contributed by atoms with Crippen LogP contribution in [-0.4, -0.2) is 4.98 Å². The molecule has 0 amide bonds. The van der Waals surface area contributed by atoms with Crippen molar-refractivity contribution in [3.8, 4) is 11.1 Å². The zero-order valence-corrected chi connectivity index (χ0v) is 11.2. The molecule has 1 aromatic carbocycles. The summed E-state index contributed by atoms with van der Waals surface area (Å²) in [4.78, 5) is 4.84. The zero-order valence-electron chi connectivity index (χ0n) is 11.2. The minimum Gasteiger partial charge on any atom is -0.257 e. The van der Waals surface area contributed by atoms with Crippen LogP contribution in [0, 0.1) is 6.92 Å². The minimum atomic E-state index is 1.11. The van der Waals surface area contributed by atoms with Crippen LogP contribution >= 0.6 is 0 Å². The van der Waals surface area contributed by atoms with Gasteiger partial charge in [-0.3, -0.25) is 4.98 Å². The fourth-order valence-electron chi connectivity index (χ4n) is 3.18. The molecule has 18 heavy (non-hydrogen) atoms. The molecule has 0 spiro atoms. The summed E-state index contributed by atoms with van der Waals surface area (Å²) in [6, 6.07) is 10.7. The molecule has 1 heteroatoms. The highest BCUT2D eigenvalue weighted by Gasteiger charge is 2.20. The standard InChI is InChI=1S/C17H19N/c1-3-14-15-10-7-11-16(15)18-12(2)17(14)13-8-5-4-6-9-13/h4-6,8-9H,3,7,10-11H2,1-2H3. The summed E-state index contributed by atoms with van der Waals surface area (Å²) in [5.74, 6) is 0. The molecule has 0 aliphatic heterocycles. The van der Waals surface area contributed by atoms with Gasteiger partial charge in [0.1, 0.15) is 0 Å². The largest absolute Gasteiger partial charge is 0.257 e. The average molecular weight is 237 g/mol. The van der Waals surface area contributed by atoms with Crippen LogP contribution in [0.3, 0.4) is 0 Å². The van der Waals surface area contributed by atoms with Crippen LogP contribution in [0.4, 0.5) is 0 Å². The van der Waals surface area contributed by atoms with E-state index in [0.717, 1.165) is 12.8 Å². The molecule has 0 saturated heterocycles. The lowest BCUT2D eigenvalue weighted by atomic mass is 9.92. The van der Waals surface area contributed by atoms with Crippen LogP contribution in [0.15, 0.2) is 30.3 Å². The predicted octanol–water partition coefficient (Wildman–Crippen LogP) is 4.11. The molecule has 1 aliphatic carbocycles. The van der Waals surface area contributed by atoms with E-state index in [2.05, 4.69) is 44.2 Å². The van der Waals surface area contributed by atoms with Gasteiger partial charge in [0.2, 0.25) is 0 Å². The van der Waals surface area contributed by atoms with E-state index >= 15 is 0 Å². The molecule has 0 radical (unpaired) electrons. The maximum absolute atomic E-state index is 4.84. The van der Waals surface area contributed by atoms with Crippen LogP contribution < -0.4 is 0 Å². The summed E-state index contributed by atoms with van der Waals surface area (Å²) in [7, 11) is 0. The van der Waals surface area contributed by atoms with Crippen LogP contribution in [0.5, 0.6) is 0 Å². The van der Waals surface area contributed by atoms with Crippen molar-refractivity contribution in [2.24, 2.45) is 0 Å². The first-order valence-electron chi connectivity index (χ1n) is 6.88. The molecule has 0 N–H and O–H groups in total. The first-order chi connectivity index (χ1) is 8.81. The molecule has 1 aliphatic rings. The Kier molecular flexibility index (Phi) is 2.91. The molecule has 3 rings (SSSR count). The third-order valence-electron chi connectivity index (χ3n) is 3.94. The summed E-state index contributed by atoms with van der Waals surface area (Å²) in [6.45, 7) is 4.42. The van der Waals surface area contributed by atoms with Gasteiger partial charge in [-0.15, -0.1) is 0 Å². The number of hydrogen-bond acceptors (Lipinski definition) is 1. The molecule has 1 heterocycles. The fourth-order valence-corrected chi connectivity index (χ4v) is 3.18. The molecular formula is C17H19N. The van der Waals surface area contributed by atoms with Gasteiger partial charge >= 0.3 is 0 Å². The van der Waals surface area contributed by atoms with Crippen molar-refractivity contribution in [3.05, 3.63) is 52.8 Å². The molecule has 0 unspecified atom stereocenters. The van der Waals surface area contributed by atoms with Crippen molar-refractivity contribution in [1.82, 2.24) is 4.98 Å². The quantitative estimate of drug-likeness (QED) is 0.766. The number of nitrogens with zero attached hydrogens (tertiary/aromatic N) is 1. The second-order valence-corrected chi connectivity index (χ2v) is 5.05. The van der Waals surface area contributed by atoms with Crippen molar-refractivity contribution in [1.29, 1.82) is 0 Å². The third kappa shape index (κ3) is 1.74. The van der Waals surface area contributed by atoms with Gasteiger partial charge in [0.05, 0.1) is 0 Å². The molecule has 1 aromatic heterocycles. The zero-order chi connectivity index (χ0) is 12.5. The van der Waals surface area contributed by atoms with Crippen molar-refractivity contribution >= 4 is 0 Å². The Morgan fingerprint density at radius 2 is 1.89 bits per heavy atom. The van der Waals surface area contributed by atoms with E-state index in [-0.39, 0.29) is 0 Å². The number of pyridine rings is 1. The normalized spacial score (nSPS) is 13.7. The third-order valence-corrected chi connectivity index (χ3v) is 3.94. The van der Waals surface area contributed by atoms with Crippen LogP contribution in [-0.2, 0) is 19.3 Å². The Morgan fingerprint density at radius 3 is 2.61 bits per heavy atom. The van der Waals surface area contributed by atoms with Crippen LogP contribution in [0.1, 0.15) is 35.9 Å². The van der Waals surface area contributed by atoms with E-state index in [4.69, 9.17) is 4.98 Å². The van der Waals surface area contributed by atoms with Gasteiger partial charge in [-0.05, 0) is 49.3 Å². The Morgan fingerprint density at radius 1 is 1.11 bits per heavy atom. The van der Waals surface area contributed by atoms with E-state index in [1.54, 1.807) is 0 Å². The molecule has 0 fully saturated rings. The molecule has 0 atom stereocenters. The van der Waals surface area contributed by atoms with E-state index in [9.17, 15) is 0 Å². The number of aryl methyl sites for hydroxylation is 2. The first-order valence-corrected chi connectivity index (χ1v) is 6.88. The average Bonchev–Trinajstić information content (AvgIpc) is 2.85. The maximum atomic E-state index is 4.84. The second-order valence-electron chi connectivity index (χ2n) is 5.05. The highest BCUT2D eigenvalue weighted by Crippen LogP contribution is 2.34.